The molecule has 0 aromatic heterocycles. The molecule has 1 aromatic rings. The summed E-state index contributed by atoms with van der Waals surface area (Å²) < 4.78 is 0. The number of amides is 1. The number of nitrogens with one attached hydrogen (secondary N) is 1. The second kappa shape index (κ2) is 7.77. The summed E-state index contributed by atoms with van der Waals surface area (Å²) in [6, 6.07) is 12.0. The van der Waals surface area contributed by atoms with Crippen LogP contribution in [0.4, 0.5) is 0 Å². The number of piperazine rings is 1. The van der Waals surface area contributed by atoms with Crippen LogP contribution in [0.5, 0.6) is 0 Å². The van der Waals surface area contributed by atoms with E-state index in [1.807, 2.05) is 47.1 Å². The zero-order valence-corrected chi connectivity index (χ0v) is 12.5. The number of carbonyl (C=O) groups is 1. The maximum Gasteiger partial charge on any atom is 0.237 e. The third-order valence-corrected chi connectivity index (χ3v) is 3.79. The molecule has 5 heteroatoms. The summed E-state index contributed by atoms with van der Waals surface area (Å²) >= 11 is 0. The lowest BCUT2D eigenvalue weighted by Crippen LogP contribution is -2.53. The Balaban J connectivity index is 1.95. The molecule has 1 saturated heterocycles. The molecule has 21 heavy (non-hydrogen) atoms. The van der Waals surface area contributed by atoms with Crippen LogP contribution in [0.25, 0.3) is 0 Å². The molecule has 1 heterocycles. The molecular weight excluding hydrogens is 264 g/mol. The minimum absolute atomic E-state index is 0.0866. The van der Waals surface area contributed by atoms with Crippen LogP contribution < -0.4 is 5.32 Å². The van der Waals surface area contributed by atoms with E-state index in [1.54, 1.807) is 0 Å². The molecule has 1 N–H and O–H groups in total. The quantitative estimate of drug-likeness (QED) is 0.871. The lowest BCUT2D eigenvalue weighted by Gasteiger charge is -2.33. The second-order valence-electron chi connectivity index (χ2n) is 5.21. The Morgan fingerprint density at radius 2 is 2.24 bits per heavy atom. The van der Waals surface area contributed by atoms with Crippen LogP contribution >= 0.6 is 0 Å². The molecule has 1 aliphatic heterocycles. The van der Waals surface area contributed by atoms with Crippen molar-refractivity contribution in [2.45, 2.75) is 19.5 Å². The third-order valence-electron chi connectivity index (χ3n) is 3.79. The summed E-state index contributed by atoms with van der Waals surface area (Å²) in [7, 11) is 0. The normalized spacial score (nSPS) is 19.0. The first-order valence-corrected chi connectivity index (χ1v) is 7.40. The molecule has 1 fully saturated rings. The van der Waals surface area contributed by atoms with Crippen molar-refractivity contribution in [3.05, 3.63) is 35.9 Å². The number of carbonyl (C=O) groups excluding carboxylic acids is 1. The van der Waals surface area contributed by atoms with Gasteiger partial charge < -0.3 is 10.2 Å². The first-order valence-electron chi connectivity index (χ1n) is 7.40. The van der Waals surface area contributed by atoms with E-state index in [4.69, 9.17) is 5.26 Å². The van der Waals surface area contributed by atoms with Crippen LogP contribution in [0.2, 0.25) is 0 Å². The first-order chi connectivity index (χ1) is 10.2. The highest BCUT2D eigenvalue weighted by atomic mass is 16.2. The molecule has 112 valence electrons. The van der Waals surface area contributed by atoms with Crippen molar-refractivity contribution >= 4 is 5.91 Å². The molecule has 1 unspecified atom stereocenters. The molecular formula is C16H22N4O. The highest BCUT2D eigenvalue weighted by molar-refractivity contribution is 5.78. The van der Waals surface area contributed by atoms with Gasteiger partial charge in [0.15, 0.2) is 0 Å². The topological polar surface area (TPSA) is 59.4 Å². The van der Waals surface area contributed by atoms with Crippen LogP contribution in [0.15, 0.2) is 30.3 Å². The molecule has 0 saturated carbocycles. The second-order valence-corrected chi connectivity index (χ2v) is 5.21. The van der Waals surface area contributed by atoms with Gasteiger partial charge in [0.25, 0.3) is 0 Å². The van der Waals surface area contributed by atoms with E-state index in [2.05, 4.69) is 11.4 Å². The summed E-state index contributed by atoms with van der Waals surface area (Å²) in [5, 5.41) is 12.3. The van der Waals surface area contributed by atoms with Crippen LogP contribution in [-0.2, 0) is 11.3 Å². The monoisotopic (exact) mass is 286 g/mol. The van der Waals surface area contributed by atoms with Gasteiger partial charge in [-0.15, -0.1) is 0 Å². The molecule has 1 amide bonds. The van der Waals surface area contributed by atoms with Gasteiger partial charge in [0.2, 0.25) is 5.91 Å². The summed E-state index contributed by atoms with van der Waals surface area (Å²) in [4.78, 5) is 16.3. The van der Waals surface area contributed by atoms with Crippen molar-refractivity contribution in [1.82, 2.24) is 15.1 Å². The van der Waals surface area contributed by atoms with Gasteiger partial charge in [0.05, 0.1) is 12.6 Å². The molecule has 5 nitrogen and oxygen atoms in total. The number of nitriles is 1. The van der Waals surface area contributed by atoms with Crippen LogP contribution in [0.3, 0.4) is 0 Å². The Kier molecular flexibility index (Phi) is 5.73. The summed E-state index contributed by atoms with van der Waals surface area (Å²) in [5.41, 5.74) is 1.13. The summed E-state index contributed by atoms with van der Waals surface area (Å²) in [6.45, 7) is 5.81. The Bertz CT molecular complexity index is 497. The minimum Gasteiger partial charge on any atom is -0.338 e. The van der Waals surface area contributed by atoms with Gasteiger partial charge in [0, 0.05) is 32.7 Å². The van der Waals surface area contributed by atoms with Crippen molar-refractivity contribution in [1.29, 1.82) is 5.26 Å². The van der Waals surface area contributed by atoms with Gasteiger partial charge in [-0.05, 0) is 12.5 Å². The fraction of sp³-hybridized carbons (Fsp3) is 0.500. The molecule has 0 spiro atoms. The Hall–Kier alpha value is -1.90. The van der Waals surface area contributed by atoms with Crippen LogP contribution in [0.1, 0.15) is 12.5 Å². The van der Waals surface area contributed by atoms with Gasteiger partial charge >= 0.3 is 0 Å². The van der Waals surface area contributed by atoms with Crippen molar-refractivity contribution in [3.63, 3.8) is 0 Å². The largest absolute Gasteiger partial charge is 0.338 e. The lowest BCUT2D eigenvalue weighted by molar-refractivity contribution is -0.133. The third kappa shape index (κ3) is 4.28. The Labute approximate surface area is 126 Å². The minimum atomic E-state index is -0.210. The van der Waals surface area contributed by atoms with E-state index in [0.717, 1.165) is 18.7 Å². The van der Waals surface area contributed by atoms with E-state index < -0.39 is 0 Å². The highest BCUT2D eigenvalue weighted by Crippen LogP contribution is 2.07. The molecule has 1 aliphatic rings. The van der Waals surface area contributed by atoms with Crippen molar-refractivity contribution < 1.29 is 4.79 Å². The maximum absolute atomic E-state index is 12.5. The van der Waals surface area contributed by atoms with Gasteiger partial charge in [-0.2, -0.15) is 5.26 Å². The molecule has 0 aliphatic carbocycles. The highest BCUT2D eigenvalue weighted by Gasteiger charge is 2.25. The summed E-state index contributed by atoms with van der Waals surface area (Å²) in [6.07, 6.45) is 0. The first kappa shape index (κ1) is 15.5. The number of benzene rings is 1. The van der Waals surface area contributed by atoms with E-state index in [1.165, 1.54) is 0 Å². The lowest BCUT2D eigenvalue weighted by atomic mass is 10.2. The van der Waals surface area contributed by atoms with E-state index in [-0.39, 0.29) is 11.9 Å². The van der Waals surface area contributed by atoms with Crippen molar-refractivity contribution in [3.8, 4) is 6.07 Å². The van der Waals surface area contributed by atoms with Gasteiger partial charge in [-0.25, -0.2) is 0 Å². The predicted molar refractivity (Wildman–Crippen MR) is 81.4 cm³/mol. The van der Waals surface area contributed by atoms with Crippen LogP contribution in [0, 0.1) is 11.3 Å². The summed E-state index contributed by atoms with van der Waals surface area (Å²) in [5.74, 6) is 0.0866. The fourth-order valence-corrected chi connectivity index (χ4v) is 2.52. The average Bonchev–Trinajstić information content (AvgIpc) is 2.54. The standard InChI is InChI=1S/C16H22N4O/c1-2-19(12-14-6-4-3-5-7-14)16(21)13-20-9-8-18-11-15(20)10-17/h3-7,15,18H,2,8-9,11-13H2,1H3. The van der Waals surface area contributed by atoms with Gasteiger partial charge in [0.1, 0.15) is 6.04 Å². The Morgan fingerprint density at radius 3 is 2.90 bits per heavy atom. The van der Waals surface area contributed by atoms with E-state index in [0.29, 0.717) is 26.2 Å². The zero-order valence-electron chi connectivity index (χ0n) is 12.5. The maximum atomic E-state index is 12.5. The van der Waals surface area contributed by atoms with Crippen molar-refractivity contribution in [2.75, 3.05) is 32.7 Å². The van der Waals surface area contributed by atoms with Gasteiger partial charge in [-0.1, -0.05) is 30.3 Å². The number of hydrogen-bond acceptors (Lipinski definition) is 4. The molecule has 1 atom stereocenters. The van der Waals surface area contributed by atoms with Gasteiger partial charge in [-0.3, -0.25) is 9.69 Å². The molecule has 2 rings (SSSR count). The smallest absolute Gasteiger partial charge is 0.237 e. The van der Waals surface area contributed by atoms with Crippen LogP contribution in [-0.4, -0.2) is 54.5 Å². The number of rotatable bonds is 5. The fourth-order valence-electron chi connectivity index (χ4n) is 2.52. The number of hydrogen-bond donors (Lipinski definition) is 1. The molecule has 0 radical (unpaired) electrons. The molecule has 1 aromatic carbocycles. The zero-order chi connectivity index (χ0) is 15.1. The predicted octanol–water partition coefficient (Wildman–Crippen LogP) is 0.832. The SMILES string of the molecule is CCN(Cc1ccccc1)C(=O)CN1CCNCC1C#N. The number of nitrogens with zero attached hydrogens (tertiary/aromatic N) is 3. The van der Waals surface area contributed by atoms with E-state index in [9.17, 15) is 4.79 Å². The average molecular weight is 286 g/mol. The number of likely N-dealkylation sites (N-methyl/N-ethyl adjacent to an activating group) is 1. The van der Waals surface area contributed by atoms with Crippen molar-refractivity contribution in [2.24, 2.45) is 0 Å². The molecule has 0 bridgehead atoms. The van der Waals surface area contributed by atoms with E-state index >= 15 is 0 Å². The Morgan fingerprint density at radius 1 is 1.48 bits per heavy atom.